The van der Waals surface area contributed by atoms with E-state index in [2.05, 4.69) is 0 Å². The minimum absolute atomic E-state index is 0.428. The molecule has 0 spiro atoms. The van der Waals surface area contributed by atoms with Gasteiger partial charge in [-0.15, -0.1) is 0 Å². The van der Waals surface area contributed by atoms with E-state index in [1.807, 2.05) is 60.7 Å². The molecule has 0 N–H and O–H groups in total. The summed E-state index contributed by atoms with van der Waals surface area (Å²) >= 11 is 5.93. The third-order valence-corrected chi connectivity index (χ3v) is 2.90. The third kappa shape index (κ3) is 3.87. The molecule has 0 aliphatic heterocycles. The van der Waals surface area contributed by atoms with Crippen molar-refractivity contribution in [3.8, 4) is 11.8 Å². The Morgan fingerprint density at radius 3 is 2.42 bits per heavy atom. The topological polar surface area (TPSA) is 33.0 Å². The highest BCUT2D eigenvalue weighted by atomic mass is 35.5. The summed E-state index contributed by atoms with van der Waals surface area (Å²) < 4.78 is 5.66. The Labute approximate surface area is 117 Å². The number of hydrogen-bond acceptors (Lipinski definition) is 2. The molecular formula is C16H12ClNO. The molecule has 0 heterocycles. The highest BCUT2D eigenvalue weighted by Crippen LogP contribution is 2.22. The maximum absolute atomic E-state index is 8.53. The Hall–Kier alpha value is -2.24. The lowest BCUT2D eigenvalue weighted by atomic mass is 10.2. The van der Waals surface area contributed by atoms with E-state index in [1.165, 1.54) is 6.08 Å². The van der Waals surface area contributed by atoms with Crippen molar-refractivity contribution < 1.29 is 4.74 Å². The van der Waals surface area contributed by atoms with Crippen LogP contribution in [0.15, 0.2) is 60.7 Å². The molecule has 2 aromatic rings. The lowest BCUT2D eigenvalue weighted by Gasteiger charge is -2.07. The SMILES string of the molecule is N#C/C=C(\Cl)c1ccc(OCc2ccccc2)cc1. The van der Waals surface area contributed by atoms with Gasteiger partial charge in [-0.2, -0.15) is 5.26 Å². The van der Waals surface area contributed by atoms with Crippen LogP contribution in [0.4, 0.5) is 0 Å². The molecule has 0 aliphatic carbocycles. The van der Waals surface area contributed by atoms with Gasteiger partial charge in [-0.3, -0.25) is 0 Å². The first-order valence-corrected chi connectivity index (χ1v) is 6.20. The standard InChI is InChI=1S/C16H12ClNO/c17-16(10-11-18)14-6-8-15(9-7-14)19-12-13-4-2-1-3-5-13/h1-10H,12H2/b16-10-. The van der Waals surface area contributed by atoms with E-state index < -0.39 is 0 Å². The zero-order chi connectivity index (χ0) is 13.5. The summed E-state index contributed by atoms with van der Waals surface area (Å²) in [6.07, 6.45) is 1.31. The molecule has 0 fully saturated rings. The predicted molar refractivity (Wildman–Crippen MR) is 76.7 cm³/mol. The van der Waals surface area contributed by atoms with Crippen molar-refractivity contribution in [1.82, 2.24) is 0 Å². The summed E-state index contributed by atoms with van der Waals surface area (Å²) in [5.74, 6) is 0.772. The fourth-order valence-electron chi connectivity index (χ4n) is 1.59. The Balaban J connectivity index is 2.00. The normalized spacial score (nSPS) is 10.8. The van der Waals surface area contributed by atoms with Crippen LogP contribution in [-0.2, 0) is 6.61 Å². The van der Waals surface area contributed by atoms with E-state index in [0.717, 1.165) is 16.9 Å². The van der Waals surface area contributed by atoms with Gasteiger partial charge in [0.05, 0.1) is 11.1 Å². The van der Waals surface area contributed by atoms with Gasteiger partial charge in [0.2, 0.25) is 0 Å². The minimum atomic E-state index is 0.428. The second-order valence-electron chi connectivity index (χ2n) is 3.92. The average Bonchev–Trinajstić information content (AvgIpc) is 2.47. The summed E-state index contributed by atoms with van der Waals surface area (Å²) in [6, 6.07) is 19.2. The average molecular weight is 270 g/mol. The van der Waals surface area contributed by atoms with Crippen LogP contribution in [-0.4, -0.2) is 0 Å². The van der Waals surface area contributed by atoms with Crippen LogP contribution in [0.3, 0.4) is 0 Å². The maximum atomic E-state index is 8.53. The van der Waals surface area contributed by atoms with E-state index in [1.54, 1.807) is 0 Å². The number of ether oxygens (including phenoxy) is 1. The first kappa shape index (κ1) is 13.2. The van der Waals surface area contributed by atoms with Crippen LogP contribution in [0, 0.1) is 11.3 Å². The number of hydrogen-bond donors (Lipinski definition) is 0. The van der Waals surface area contributed by atoms with Crippen LogP contribution in [0.25, 0.3) is 5.03 Å². The van der Waals surface area contributed by atoms with Crippen LogP contribution in [0.1, 0.15) is 11.1 Å². The van der Waals surface area contributed by atoms with Crippen molar-refractivity contribution in [2.24, 2.45) is 0 Å². The van der Waals surface area contributed by atoms with Gasteiger partial charge < -0.3 is 4.74 Å². The minimum Gasteiger partial charge on any atom is -0.489 e. The van der Waals surface area contributed by atoms with Crippen molar-refractivity contribution in [3.63, 3.8) is 0 Å². The molecule has 94 valence electrons. The van der Waals surface area contributed by atoms with Gasteiger partial charge in [-0.25, -0.2) is 0 Å². The second-order valence-corrected chi connectivity index (χ2v) is 4.33. The Morgan fingerprint density at radius 1 is 1.11 bits per heavy atom. The molecule has 0 amide bonds. The Bertz CT molecular complexity index is 597. The molecule has 2 nitrogen and oxygen atoms in total. The second kappa shape index (κ2) is 6.63. The molecule has 0 saturated heterocycles. The van der Waals surface area contributed by atoms with Crippen molar-refractivity contribution >= 4 is 16.6 Å². The molecule has 0 unspecified atom stereocenters. The highest BCUT2D eigenvalue weighted by Gasteiger charge is 1.99. The number of nitrogens with zero attached hydrogens (tertiary/aromatic N) is 1. The van der Waals surface area contributed by atoms with Crippen LogP contribution in [0.2, 0.25) is 0 Å². The lowest BCUT2D eigenvalue weighted by molar-refractivity contribution is 0.306. The lowest BCUT2D eigenvalue weighted by Crippen LogP contribution is -1.94. The zero-order valence-electron chi connectivity index (χ0n) is 10.2. The van der Waals surface area contributed by atoms with Crippen molar-refractivity contribution in [3.05, 3.63) is 71.8 Å². The van der Waals surface area contributed by atoms with Crippen LogP contribution >= 0.6 is 11.6 Å². The Morgan fingerprint density at radius 2 is 1.79 bits per heavy atom. The van der Waals surface area contributed by atoms with Gasteiger partial charge in [0, 0.05) is 6.08 Å². The number of benzene rings is 2. The number of allylic oxidation sites excluding steroid dienone is 1. The molecule has 0 bridgehead atoms. The summed E-state index contributed by atoms with van der Waals surface area (Å²) in [7, 11) is 0. The zero-order valence-corrected chi connectivity index (χ0v) is 11.0. The molecule has 2 aromatic carbocycles. The van der Waals surface area contributed by atoms with Gasteiger partial charge in [-0.1, -0.05) is 41.9 Å². The van der Waals surface area contributed by atoms with Gasteiger partial charge >= 0.3 is 0 Å². The van der Waals surface area contributed by atoms with Gasteiger partial charge in [0.1, 0.15) is 12.4 Å². The van der Waals surface area contributed by atoms with Gasteiger partial charge in [-0.05, 0) is 35.4 Å². The molecule has 0 aliphatic rings. The summed E-state index contributed by atoms with van der Waals surface area (Å²) in [5, 5.41) is 8.96. The third-order valence-electron chi connectivity index (χ3n) is 2.57. The molecule has 19 heavy (non-hydrogen) atoms. The fourth-order valence-corrected chi connectivity index (χ4v) is 1.77. The van der Waals surface area contributed by atoms with Crippen LogP contribution in [0.5, 0.6) is 5.75 Å². The molecule has 0 saturated carbocycles. The number of halogens is 1. The van der Waals surface area contributed by atoms with E-state index in [0.29, 0.717) is 11.6 Å². The van der Waals surface area contributed by atoms with E-state index in [4.69, 9.17) is 21.6 Å². The van der Waals surface area contributed by atoms with E-state index in [9.17, 15) is 0 Å². The van der Waals surface area contributed by atoms with E-state index >= 15 is 0 Å². The number of rotatable bonds is 4. The molecular weight excluding hydrogens is 258 g/mol. The van der Waals surface area contributed by atoms with Crippen molar-refractivity contribution in [2.75, 3.05) is 0 Å². The Kier molecular flexibility index (Phi) is 4.60. The van der Waals surface area contributed by atoms with Crippen molar-refractivity contribution in [1.29, 1.82) is 5.26 Å². The van der Waals surface area contributed by atoms with Crippen molar-refractivity contribution in [2.45, 2.75) is 6.61 Å². The quantitative estimate of drug-likeness (QED) is 0.772. The fraction of sp³-hybridized carbons (Fsp3) is 0.0625. The highest BCUT2D eigenvalue weighted by molar-refractivity contribution is 6.48. The molecule has 0 atom stereocenters. The summed E-state index contributed by atoms with van der Waals surface area (Å²) in [5.41, 5.74) is 1.92. The summed E-state index contributed by atoms with van der Waals surface area (Å²) in [4.78, 5) is 0. The smallest absolute Gasteiger partial charge is 0.119 e. The molecule has 3 heteroatoms. The summed E-state index contributed by atoms with van der Waals surface area (Å²) in [6.45, 7) is 0.530. The van der Waals surface area contributed by atoms with E-state index in [-0.39, 0.29) is 0 Å². The first-order valence-electron chi connectivity index (χ1n) is 5.82. The molecule has 2 rings (SSSR count). The first-order chi connectivity index (χ1) is 9.29. The monoisotopic (exact) mass is 269 g/mol. The number of nitriles is 1. The molecule has 0 aromatic heterocycles. The van der Waals surface area contributed by atoms with Gasteiger partial charge in [0.25, 0.3) is 0 Å². The largest absolute Gasteiger partial charge is 0.489 e. The maximum Gasteiger partial charge on any atom is 0.119 e. The molecule has 0 radical (unpaired) electrons. The van der Waals surface area contributed by atoms with Gasteiger partial charge in [0.15, 0.2) is 0 Å². The van der Waals surface area contributed by atoms with Crippen LogP contribution < -0.4 is 4.74 Å². The predicted octanol–water partition coefficient (Wildman–Crippen LogP) is 4.37.